The van der Waals surface area contributed by atoms with Gasteiger partial charge in [-0.1, -0.05) is 12.1 Å². The lowest BCUT2D eigenvalue weighted by Crippen LogP contribution is -2.32. The van der Waals surface area contributed by atoms with Crippen molar-refractivity contribution in [1.29, 1.82) is 0 Å². The van der Waals surface area contributed by atoms with E-state index < -0.39 is 0 Å². The number of carbonyl (C=O) groups excluding carboxylic acids is 1. The molecule has 102 valence electrons. The van der Waals surface area contributed by atoms with Gasteiger partial charge < -0.3 is 16.2 Å². The molecular weight excluding hydrogens is 252 g/mol. The number of rotatable bonds is 6. The number of amides is 1. The second-order valence-corrected chi connectivity index (χ2v) is 4.14. The van der Waals surface area contributed by atoms with Crippen molar-refractivity contribution < 1.29 is 9.90 Å². The molecule has 0 aromatic heterocycles. The largest absolute Gasteiger partial charge is 0.396 e. The third kappa shape index (κ3) is 5.49. The van der Waals surface area contributed by atoms with E-state index in [2.05, 4.69) is 5.32 Å². The van der Waals surface area contributed by atoms with Gasteiger partial charge in [0.15, 0.2) is 0 Å². The Labute approximate surface area is 114 Å². The molecule has 0 aliphatic heterocycles. The fourth-order valence-corrected chi connectivity index (χ4v) is 1.57. The summed E-state index contributed by atoms with van der Waals surface area (Å²) in [7, 11) is 0. The maximum absolute atomic E-state index is 11.8. The minimum absolute atomic E-state index is 0. The fraction of sp³-hybridized carbons (Fsp3) is 0.462. The van der Waals surface area contributed by atoms with Crippen molar-refractivity contribution in [1.82, 2.24) is 5.32 Å². The van der Waals surface area contributed by atoms with E-state index in [1.54, 1.807) is 12.1 Å². The van der Waals surface area contributed by atoms with Gasteiger partial charge in [0.1, 0.15) is 0 Å². The van der Waals surface area contributed by atoms with Crippen LogP contribution >= 0.6 is 12.4 Å². The van der Waals surface area contributed by atoms with Gasteiger partial charge in [-0.3, -0.25) is 4.79 Å². The Hall–Kier alpha value is -1.10. The van der Waals surface area contributed by atoms with Crippen LogP contribution in [0.1, 0.15) is 35.7 Å². The monoisotopic (exact) mass is 272 g/mol. The van der Waals surface area contributed by atoms with Crippen LogP contribution in [-0.2, 0) is 6.54 Å². The zero-order valence-corrected chi connectivity index (χ0v) is 11.4. The van der Waals surface area contributed by atoms with Crippen LogP contribution in [0.2, 0.25) is 0 Å². The maximum atomic E-state index is 11.8. The molecule has 0 aliphatic carbocycles. The Balaban J connectivity index is 0.00000289. The molecule has 1 unspecified atom stereocenters. The minimum atomic E-state index is -0.0842. The average Bonchev–Trinajstić information content (AvgIpc) is 2.36. The molecule has 5 heteroatoms. The molecule has 18 heavy (non-hydrogen) atoms. The van der Waals surface area contributed by atoms with Crippen LogP contribution in [-0.4, -0.2) is 23.7 Å². The number of nitrogens with two attached hydrogens (primary N) is 1. The minimum Gasteiger partial charge on any atom is -0.396 e. The van der Waals surface area contributed by atoms with Crippen molar-refractivity contribution in [2.24, 2.45) is 5.73 Å². The Kier molecular flexibility index (Phi) is 8.37. The summed E-state index contributed by atoms with van der Waals surface area (Å²) < 4.78 is 0. The van der Waals surface area contributed by atoms with Crippen LogP contribution < -0.4 is 11.1 Å². The van der Waals surface area contributed by atoms with Crippen molar-refractivity contribution in [3.05, 3.63) is 35.4 Å². The first-order chi connectivity index (χ1) is 8.17. The van der Waals surface area contributed by atoms with Crippen molar-refractivity contribution in [3.8, 4) is 0 Å². The topological polar surface area (TPSA) is 75.3 Å². The van der Waals surface area contributed by atoms with E-state index in [-0.39, 0.29) is 31.0 Å². The van der Waals surface area contributed by atoms with Crippen LogP contribution in [0.25, 0.3) is 0 Å². The normalized spacial score (nSPS) is 11.5. The Morgan fingerprint density at radius 2 is 2.00 bits per heavy atom. The third-order valence-electron chi connectivity index (χ3n) is 2.62. The smallest absolute Gasteiger partial charge is 0.251 e. The lowest BCUT2D eigenvalue weighted by molar-refractivity contribution is 0.0936. The van der Waals surface area contributed by atoms with Crippen molar-refractivity contribution in [3.63, 3.8) is 0 Å². The van der Waals surface area contributed by atoms with Crippen LogP contribution in [0, 0.1) is 0 Å². The summed E-state index contributed by atoms with van der Waals surface area (Å²) in [4.78, 5) is 11.8. The second kappa shape index (κ2) is 8.91. The van der Waals surface area contributed by atoms with E-state index in [1.165, 1.54) is 0 Å². The molecule has 1 amide bonds. The predicted molar refractivity (Wildman–Crippen MR) is 74.8 cm³/mol. The molecule has 0 saturated carbocycles. The van der Waals surface area contributed by atoms with Crippen molar-refractivity contribution in [2.45, 2.75) is 32.4 Å². The standard InChI is InChI=1S/C13H20N2O2.ClH/c1-10(3-2-8-16)15-13(17)12-6-4-11(9-14)5-7-12;/h4-7,10,16H,2-3,8-9,14H2,1H3,(H,15,17);1H. The highest BCUT2D eigenvalue weighted by molar-refractivity contribution is 5.94. The number of aliphatic hydroxyl groups is 1. The Morgan fingerprint density at radius 3 is 2.50 bits per heavy atom. The number of carbonyl (C=O) groups is 1. The summed E-state index contributed by atoms with van der Waals surface area (Å²) >= 11 is 0. The number of halogens is 1. The van der Waals surface area contributed by atoms with Gasteiger partial charge in [-0.15, -0.1) is 12.4 Å². The van der Waals surface area contributed by atoms with Gasteiger partial charge in [-0.2, -0.15) is 0 Å². The molecule has 1 rings (SSSR count). The lowest BCUT2D eigenvalue weighted by Gasteiger charge is -2.13. The van der Waals surface area contributed by atoms with Crippen molar-refractivity contribution in [2.75, 3.05) is 6.61 Å². The predicted octanol–water partition coefficient (Wildman–Crippen LogP) is 1.46. The molecule has 0 saturated heterocycles. The van der Waals surface area contributed by atoms with Gasteiger partial charge in [0.2, 0.25) is 0 Å². The molecule has 0 bridgehead atoms. The number of hydrogen-bond acceptors (Lipinski definition) is 3. The van der Waals surface area contributed by atoms with E-state index in [0.717, 1.165) is 12.0 Å². The van der Waals surface area contributed by atoms with Gasteiger partial charge in [-0.05, 0) is 37.5 Å². The fourth-order valence-electron chi connectivity index (χ4n) is 1.57. The summed E-state index contributed by atoms with van der Waals surface area (Å²) in [6.45, 7) is 2.57. The number of aliphatic hydroxyl groups excluding tert-OH is 1. The maximum Gasteiger partial charge on any atom is 0.251 e. The van der Waals surface area contributed by atoms with E-state index in [0.29, 0.717) is 18.5 Å². The quantitative estimate of drug-likeness (QED) is 0.734. The van der Waals surface area contributed by atoms with E-state index in [1.807, 2.05) is 19.1 Å². The SMILES string of the molecule is CC(CCCO)NC(=O)c1ccc(CN)cc1.Cl. The van der Waals surface area contributed by atoms with Gasteiger partial charge in [0.25, 0.3) is 5.91 Å². The second-order valence-electron chi connectivity index (χ2n) is 4.14. The highest BCUT2D eigenvalue weighted by atomic mass is 35.5. The molecule has 0 radical (unpaired) electrons. The average molecular weight is 273 g/mol. The highest BCUT2D eigenvalue weighted by Gasteiger charge is 2.08. The molecular formula is C13H21ClN2O2. The zero-order valence-electron chi connectivity index (χ0n) is 10.6. The van der Waals surface area contributed by atoms with E-state index >= 15 is 0 Å². The highest BCUT2D eigenvalue weighted by Crippen LogP contribution is 2.05. The van der Waals surface area contributed by atoms with Gasteiger partial charge >= 0.3 is 0 Å². The first-order valence-corrected chi connectivity index (χ1v) is 5.88. The zero-order chi connectivity index (χ0) is 12.7. The van der Waals surface area contributed by atoms with Gasteiger partial charge in [0, 0.05) is 24.8 Å². The summed E-state index contributed by atoms with van der Waals surface area (Å²) in [6, 6.07) is 7.33. The molecule has 0 fully saturated rings. The van der Waals surface area contributed by atoms with Crippen LogP contribution in [0.5, 0.6) is 0 Å². The van der Waals surface area contributed by atoms with Crippen LogP contribution in [0.3, 0.4) is 0 Å². The summed E-state index contributed by atoms with van der Waals surface area (Å²) in [6.07, 6.45) is 1.48. The van der Waals surface area contributed by atoms with Crippen LogP contribution in [0.15, 0.2) is 24.3 Å². The molecule has 1 aromatic carbocycles. The molecule has 0 spiro atoms. The molecule has 0 aliphatic rings. The summed E-state index contributed by atoms with van der Waals surface area (Å²) in [5.41, 5.74) is 7.13. The summed E-state index contributed by atoms with van der Waals surface area (Å²) in [5.74, 6) is -0.0842. The molecule has 0 heterocycles. The Morgan fingerprint density at radius 1 is 1.39 bits per heavy atom. The number of benzene rings is 1. The molecule has 1 aromatic rings. The van der Waals surface area contributed by atoms with Gasteiger partial charge in [0.05, 0.1) is 0 Å². The molecule has 1 atom stereocenters. The van der Waals surface area contributed by atoms with Gasteiger partial charge in [-0.25, -0.2) is 0 Å². The first-order valence-electron chi connectivity index (χ1n) is 5.88. The number of nitrogens with one attached hydrogen (secondary N) is 1. The third-order valence-corrected chi connectivity index (χ3v) is 2.62. The van der Waals surface area contributed by atoms with Crippen molar-refractivity contribution >= 4 is 18.3 Å². The van der Waals surface area contributed by atoms with E-state index in [4.69, 9.17) is 10.8 Å². The lowest BCUT2D eigenvalue weighted by atomic mass is 10.1. The molecule has 4 nitrogen and oxygen atoms in total. The summed E-state index contributed by atoms with van der Waals surface area (Å²) in [5, 5.41) is 11.6. The molecule has 4 N–H and O–H groups in total. The first kappa shape index (κ1) is 16.9. The van der Waals surface area contributed by atoms with E-state index in [9.17, 15) is 4.79 Å². The number of hydrogen-bond donors (Lipinski definition) is 3. The Bertz CT molecular complexity index is 355. The van der Waals surface area contributed by atoms with Crippen LogP contribution in [0.4, 0.5) is 0 Å².